The van der Waals surface area contributed by atoms with E-state index in [0.29, 0.717) is 25.7 Å². The van der Waals surface area contributed by atoms with Crippen molar-refractivity contribution >= 4 is 53.7 Å². The molecule has 1 heterocycles. The zero-order chi connectivity index (χ0) is 21.8. The summed E-state index contributed by atoms with van der Waals surface area (Å²) >= 11 is 1.77. The lowest BCUT2D eigenvalue weighted by molar-refractivity contribution is -0.127. The number of hydrogen-bond acceptors (Lipinski definition) is 5. The van der Waals surface area contributed by atoms with Gasteiger partial charge in [0.25, 0.3) is 0 Å². The maximum absolute atomic E-state index is 11.9. The number of guanidine groups is 1. The zero-order valence-corrected chi connectivity index (χ0v) is 21.7. The average Bonchev–Trinajstić information content (AvgIpc) is 2.75. The number of likely N-dealkylation sites (tertiary alicyclic amines) is 1. The van der Waals surface area contributed by atoms with E-state index < -0.39 is 0 Å². The standard InChI is InChI=1S/C21H33N5O3S.HI/c1-4-29-21(28)26-13-10-17(11-14-26)24-20(23-16-19(27)25(2)3)22-12-15-30-18-8-6-5-7-9-18;/h5-9,17H,4,10-16H2,1-3H3,(H2,22,23,24);1H. The smallest absolute Gasteiger partial charge is 0.409 e. The van der Waals surface area contributed by atoms with Gasteiger partial charge in [-0.1, -0.05) is 18.2 Å². The Kier molecular flexibility index (Phi) is 13.4. The molecule has 0 radical (unpaired) electrons. The van der Waals surface area contributed by atoms with E-state index >= 15 is 0 Å². The number of halogens is 1. The van der Waals surface area contributed by atoms with Gasteiger partial charge in [-0.2, -0.15) is 0 Å². The van der Waals surface area contributed by atoms with Gasteiger partial charge in [-0.25, -0.2) is 9.79 Å². The fraction of sp³-hybridized carbons (Fsp3) is 0.571. The fourth-order valence-corrected chi connectivity index (χ4v) is 3.70. The summed E-state index contributed by atoms with van der Waals surface area (Å²) in [6.07, 6.45) is 1.36. The van der Waals surface area contributed by atoms with Gasteiger partial charge in [-0.3, -0.25) is 4.79 Å². The molecule has 2 N–H and O–H groups in total. The van der Waals surface area contributed by atoms with E-state index in [-0.39, 0.29) is 48.6 Å². The quantitative estimate of drug-likeness (QED) is 0.166. The van der Waals surface area contributed by atoms with Gasteiger partial charge >= 0.3 is 6.09 Å². The number of hydrogen-bond donors (Lipinski definition) is 2. The highest BCUT2D eigenvalue weighted by Crippen LogP contribution is 2.16. The number of piperidine rings is 1. The summed E-state index contributed by atoms with van der Waals surface area (Å²) < 4.78 is 5.07. The molecule has 2 amide bonds. The van der Waals surface area contributed by atoms with Crippen molar-refractivity contribution in [2.75, 3.05) is 52.6 Å². The first-order valence-corrected chi connectivity index (χ1v) is 11.3. The molecule has 0 bridgehead atoms. The summed E-state index contributed by atoms with van der Waals surface area (Å²) in [7, 11) is 3.44. The number of carbonyl (C=O) groups is 2. The molecule has 174 valence electrons. The molecule has 31 heavy (non-hydrogen) atoms. The van der Waals surface area contributed by atoms with Crippen molar-refractivity contribution in [3.63, 3.8) is 0 Å². The number of nitrogens with zero attached hydrogens (tertiary/aromatic N) is 3. The first-order valence-electron chi connectivity index (χ1n) is 10.3. The van der Waals surface area contributed by atoms with Gasteiger partial charge in [0.15, 0.2) is 5.96 Å². The lowest BCUT2D eigenvalue weighted by Crippen LogP contribution is -2.50. The number of amides is 2. The molecule has 1 fully saturated rings. The number of aliphatic imine (C=N–C) groups is 1. The minimum absolute atomic E-state index is 0. The Morgan fingerprint density at radius 1 is 1.23 bits per heavy atom. The molecule has 0 atom stereocenters. The van der Waals surface area contributed by atoms with Crippen LogP contribution in [0.25, 0.3) is 0 Å². The van der Waals surface area contributed by atoms with Crippen LogP contribution in [0.1, 0.15) is 19.8 Å². The minimum Gasteiger partial charge on any atom is -0.450 e. The van der Waals surface area contributed by atoms with Gasteiger partial charge in [0.2, 0.25) is 5.91 Å². The van der Waals surface area contributed by atoms with E-state index in [1.165, 1.54) is 9.80 Å². The second kappa shape index (κ2) is 15.2. The monoisotopic (exact) mass is 563 g/mol. The predicted octanol–water partition coefficient (Wildman–Crippen LogP) is 2.64. The highest BCUT2D eigenvalue weighted by Gasteiger charge is 2.24. The highest BCUT2D eigenvalue weighted by atomic mass is 127. The summed E-state index contributed by atoms with van der Waals surface area (Å²) in [5.74, 6) is 1.47. The maximum atomic E-state index is 11.9. The number of nitrogens with one attached hydrogen (secondary N) is 2. The number of thioether (sulfide) groups is 1. The van der Waals surface area contributed by atoms with Crippen LogP contribution in [0.5, 0.6) is 0 Å². The number of carbonyl (C=O) groups excluding carboxylic acids is 2. The highest BCUT2D eigenvalue weighted by molar-refractivity contribution is 14.0. The summed E-state index contributed by atoms with van der Waals surface area (Å²) in [5.41, 5.74) is 0. The molecule has 8 nitrogen and oxygen atoms in total. The van der Waals surface area contributed by atoms with Crippen LogP contribution in [-0.4, -0.2) is 86.4 Å². The minimum atomic E-state index is -0.252. The Morgan fingerprint density at radius 2 is 1.90 bits per heavy atom. The van der Waals surface area contributed by atoms with Crippen LogP contribution in [0, 0.1) is 0 Å². The largest absolute Gasteiger partial charge is 0.450 e. The van der Waals surface area contributed by atoms with Gasteiger partial charge in [0.1, 0.15) is 6.54 Å². The summed E-state index contributed by atoms with van der Waals surface area (Å²) in [4.78, 5) is 32.7. The van der Waals surface area contributed by atoms with E-state index in [1.54, 1.807) is 30.8 Å². The van der Waals surface area contributed by atoms with Crippen LogP contribution < -0.4 is 10.6 Å². The lowest BCUT2D eigenvalue weighted by atomic mass is 10.1. The van der Waals surface area contributed by atoms with Gasteiger partial charge in [-0.05, 0) is 31.9 Å². The zero-order valence-electron chi connectivity index (χ0n) is 18.5. The Morgan fingerprint density at radius 3 is 2.52 bits per heavy atom. The number of benzene rings is 1. The van der Waals surface area contributed by atoms with Crippen LogP contribution in [0.15, 0.2) is 40.2 Å². The molecule has 0 unspecified atom stereocenters. The van der Waals surface area contributed by atoms with E-state index in [0.717, 1.165) is 25.1 Å². The molecular formula is C21H34IN5O3S. The average molecular weight is 564 g/mol. The van der Waals surface area contributed by atoms with Gasteiger partial charge in [-0.15, -0.1) is 35.7 Å². The van der Waals surface area contributed by atoms with Crippen molar-refractivity contribution < 1.29 is 14.3 Å². The van der Waals surface area contributed by atoms with Crippen LogP contribution >= 0.6 is 35.7 Å². The van der Waals surface area contributed by atoms with Crippen molar-refractivity contribution in [3.8, 4) is 0 Å². The molecular weight excluding hydrogens is 529 g/mol. The molecule has 10 heteroatoms. The molecule has 1 aliphatic heterocycles. The lowest BCUT2D eigenvalue weighted by Gasteiger charge is -2.32. The predicted molar refractivity (Wildman–Crippen MR) is 136 cm³/mol. The van der Waals surface area contributed by atoms with Crippen molar-refractivity contribution in [3.05, 3.63) is 30.3 Å². The molecule has 1 aliphatic rings. The first kappa shape index (κ1) is 27.3. The van der Waals surface area contributed by atoms with Gasteiger partial charge in [0.05, 0.1) is 6.61 Å². The van der Waals surface area contributed by atoms with Crippen LogP contribution in [-0.2, 0) is 9.53 Å². The molecule has 1 aromatic rings. The van der Waals surface area contributed by atoms with Crippen molar-refractivity contribution in [1.82, 2.24) is 20.4 Å². The second-order valence-corrected chi connectivity index (χ2v) is 8.31. The molecule has 2 rings (SSSR count). The topological polar surface area (TPSA) is 86.3 Å². The Bertz CT molecular complexity index is 698. The molecule has 0 spiro atoms. The Balaban J connectivity index is 0.00000480. The Labute approximate surface area is 206 Å². The van der Waals surface area contributed by atoms with E-state index in [1.807, 2.05) is 25.1 Å². The van der Waals surface area contributed by atoms with E-state index in [4.69, 9.17) is 4.74 Å². The molecule has 0 aromatic heterocycles. The summed E-state index contributed by atoms with van der Waals surface area (Å²) in [6.45, 7) is 4.30. The van der Waals surface area contributed by atoms with E-state index in [9.17, 15) is 9.59 Å². The van der Waals surface area contributed by atoms with Gasteiger partial charge < -0.3 is 25.2 Å². The molecule has 1 aromatic carbocycles. The molecule has 0 aliphatic carbocycles. The van der Waals surface area contributed by atoms with Crippen LogP contribution in [0.4, 0.5) is 4.79 Å². The normalized spacial score (nSPS) is 14.4. The third-order valence-electron chi connectivity index (χ3n) is 4.64. The number of ether oxygens (including phenoxy) is 1. The van der Waals surface area contributed by atoms with Crippen molar-refractivity contribution in [1.29, 1.82) is 0 Å². The maximum Gasteiger partial charge on any atom is 0.409 e. The molecule has 0 saturated carbocycles. The molecule has 1 saturated heterocycles. The summed E-state index contributed by atoms with van der Waals surface area (Å²) in [6, 6.07) is 10.4. The Hall–Kier alpha value is -1.69. The second-order valence-electron chi connectivity index (χ2n) is 7.15. The number of rotatable bonds is 8. The van der Waals surface area contributed by atoms with Crippen LogP contribution in [0.3, 0.4) is 0 Å². The third-order valence-corrected chi connectivity index (χ3v) is 5.65. The van der Waals surface area contributed by atoms with Crippen LogP contribution in [0.2, 0.25) is 0 Å². The van der Waals surface area contributed by atoms with Crippen molar-refractivity contribution in [2.45, 2.75) is 30.7 Å². The van der Waals surface area contributed by atoms with Gasteiger partial charge in [0, 0.05) is 50.4 Å². The first-order chi connectivity index (χ1) is 14.5. The SMILES string of the molecule is CCOC(=O)N1CCC(NC(=NCC(=O)N(C)C)NCCSc2ccccc2)CC1.I. The third kappa shape index (κ3) is 10.4. The number of likely N-dealkylation sites (N-methyl/N-ethyl adjacent to an activating group) is 1. The van der Waals surface area contributed by atoms with E-state index in [2.05, 4.69) is 27.8 Å². The fourth-order valence-electron chi connectivity index (χ4n) is 2.91. The van der Waals surface area contributed by atoms with Crippen molar-refractivity contribution in [2.24, 2.45) is 4.99 Å². The summed E-state index contributed by atoms with van der Waals surface area (Å²) in [5, 5.41) is 6.75.